The monoisotopic (exact) mass is 409 g/mol. The summed E-state index contributed by atoms with van der Waals surface area (Å²) in [5.41, 5.74) is 4.14. The Bertz CT molecular complexity index is 1230. The van der Waals surface area contributed by atoms with E-state index in [1.54, 1.807) is 31.3 Å². The lowest BCUT2D eigenvalue weighted by Crippen LogP contribution is -2.11. The summed E-state index contributed by atoms with van der Waals surface area (Å²) in [5, 5.41) is 9.09. The molecule has 0 aromatic carbocycles. The predicted molar refractivity (Wildman–Crippen MR) is 109 cm³/mol. The number of aromatic nitrogens is 3. The maximum Gasteiger partial charge on any atom is 0.244 e. The van der Waals surface area contributed by atoms with Crippen molar-refractivity contribution in [3.05, 3.63) is 59.2 Å². The molecule has 3 heterocycles. The Morgan fingerprint density at radius 1 is 1.07 bits per heavy atom. The van der Waals surface area contributed by atoms with Crippen LogP contribution in [0.4, 0.5) is 5.69 Å². The van der Waals surface area contributed by atoms with Gasteiger partial charge in [0.1, 0.15) is 11.8 Å². The van der Waals surface area contributed by atoms with Gasteiger partial charge in [-0.05, 0) is 50.6 Å². The zero-order chi connectivity index (χ0) is 21.2. The largest absolute Gasteiger partial charge is 0.435 e. The molecule has 0 aliphatic carbocycles. The molecule has 0 amide bonds. The van der Waals surface area contributed by atoms with E-state index in [0.29, 0.717) is 28.3 Å². The van der Waals surface area contributed by atoms with E-state index in [9.17, 15) is 8.42 Å². The topological polar surface area (TPSA) is 118 Å². The second-order valence-electron chi connectivity index (χ2n) is 6.57. The van der Waals surface area contributed by atoms with Crippen molar-refractivity contribution in [2.45, 2.75) is 20.8 Å². The minimum atomic E-state index is -3.55. The molecule has 0 aliphatic rings. The molecule has 0 saturated carbocycles. The summed E-state index contributed by atoms with van der Waals surface area (Å²) < 4.78 is 31.9. The van der Waals surface area contributed by atoms with E-state index < -0.39 is 10.0 Å². The first kappa shape index (κ1) is 20.2. The Morgan fingerprint density at radius 3 is 2.52 bits per heavy atom. The van der Waals surface area contributed by atoms with Gasteiger partial charge in [-0.25, -0.2) is 13.4 Å². The van der Waals surface area contributed by atoms with E-state index in [1.165, 1.54) is 6.20 Å². The van der Waals surface area contributed by atoms with E-state index in [0.717, 1.165) is 17.5 Å². The summed E-state index contributed by atoms with van der Waals surface area (Å²) in [4.78, 5) is 12.9. The molecular formula is C20H19N5O3S. The number of nitriles is 1. The van der Waals surface area contributed by atoms with Crippen molar-refractivity contribution in [3.63, 3.8) is 0 Å². The average Bonchev–Trinajstić information content (AvgIpc) is 2.66. The number of hydrogen-bond donors (Lipinski definition) is 1. The van der Waals surface area contributed by atoms with Gasteiger partial charge in [-0.3, -0.25) is 14.7 Å². The van der Waals surface area contributed by atoms with Gasteiger partial charge in [-0.2, -0.15) is 5.26 Å². The maximum atomic E-state index is 11.8. The normalized spacial score (nSPS) is 11.0. The molecular weight excluding hydrogens is 390 g/mol. The molecule has 3 rings (SSSR count). The molecule has 0 atom stereocenters. The second kappa shape index (κ2) is 7.85. The number of ether oxygens (including phenoxy) is 1. The van der Waals surface area contributed by atoms with Gasteiger partial charge in [-0.1, -0.05) is 0 Å². The highest BCUT2D eigenvalue weighted by atomic mass is 32.2. The number of rotatable bonds is 5. The predicted octanol–water partition coefficient (Wildman–Crippen LogP) is 3.50. The molecule has 0 spiro atoms. The van der Waals surface area contributed by atoms with Gasteiger partial charge in [0.05, 0.1) is 23.2 Å². The molecule has 3 aromatic heterocycles. The van der Waals surface area contributed by atoms with Gasteiger partial charge >= 0.3 is 0 Å². The second-order valence-corrected chi connectivity index (χ2v) is 8.32. The van der Waals surface area contributed by atoms with Gasteiger partial charge in [0.2, 0.25) is 15.9 Å². The standard InChI is InChI=1S/C20H19N5O3S/c1-12-7-19(14(3)23-13(12)2)28-20-18(25-29(4,26)27)6-5-17(24-20)16-8-15(9-21)10-22-11-16/h5-8,10-11,25H,1-4H3. The third kappa shape index (κ3) is 4.86. The van der Waals surface area contributed by atoms with Crippen LogP contribution in [0.5, 0.6) is 11.6 Å². The van der Waals surface area contributed by atoms with Crippen molar-refractivity contribution >= 4 is 15.7 Å². The number of aryl methyl sites for hydroxylation is 3. The fourth-order valence-electron chi connectivity index (χ4n) is 2.61. The molecule has 8 nitrogen and oxygen atoms in total. The van der Waals surface area contributed by atoms with Crippen LogP contribution in [0.15, 0.2) is 36.7 Å². The number of nitrogens with one attached hydrogen (secondary N) is 1. The molecule has 148 valence electrons. The lowest BCUT2D eigenvalue weighted by molar-refractivity contribution is 0.459. The van der Waals surface area contributed by atoms with Crippen molar-refractivity contribution in [3.8, 4) is 29.0 Å². The van der Waals surface area contributed by atoms with Crippen molar-refractivity contribution in [2.24, 2.45) is 0 Å². The first-order valence-electron chi connectivity index (χ1n) is 8.63. The van der Waals surface area contributed by atoms with Crippen LogP contribution in [0, 0.1) is 32.1 Å². The lowest BCUT2D eigenvalue weighted by atomic mass is 10.1. The number of anilines is 1. The Balaban J connectivity index is 2.11. The Hall–Kier alpha value is -3.51. The fraction of sp³-hybridized carbons (Fsp3) is 0.200. The van der Waals surface area contributed by atoms with E-state index in [-0.39, 0.29) is 11.6 Å². The van der Waals surface area contributed by atoms with Gasteiger partial charge in [0.25, 0.3) is 0 Å². The first-order chi connectivity index (χ1) is 13.7. The van der Waals surface area contributed by atoms with Gasteiger partial charge in [0.15, 0.2) is 5.75 Å². The van der Waals surface area contributed by atoms with Crippen LogP contribution in [0.25, 0.3) is 11.3 Å². The van der Waals surface area contributed by atoms with Gasteiger partial charge in [0, 0.05) is 23.7 Å². The van der Waals surface area contributed by atoms with Crippen LogP contribution in [-0.4, -0.2) is 29.6 Å². The number of sulfonamides is 1. The molecule has 0 unspecified atom stereocenters. The van der Waals surface area contributed by atoms with Crippen LogP contribution >= 0.6 is 0 Å². The summed E-state index contributed by atoms with van der Waals surface area (Å²) in [7, 11) is -3.55. The van der Waals surface area contributed by atoms with Gasteiger partial charge < -0.3 is 4.74 Å². The summed E-state index contributed by atoms with van der Waals surface area (Å²) in [5.74, 6) is 0.543. The quantitative estimate of drug-likeness (QED) is 0.685. The molecule has 0 aliphatic heterocycles. The van der Waals surface area contributed by atoms with Crippen molar-refractivity contribution in [1.82, 2.24) is 15.0 Å². The highest BCUT2D eigenvalue weighted by Crippen LogP contribution is 2.33. The van der Waals surface area contributed by atoms with Gasteiger partial charge in [-0.15, -0.1) is 0 Å². The van der Waals surface area contributed by atoms with Crippen LogP contribution < -0.4 is 9.46 Å². The van der Waals surface area contributed by atoms with E-state index in [1.807, 2.05) is 26.0 Å². The number of nitrogens with zero attached hydrogens (tertiary/aromatic N) is 4. The zero-order valence-corrected chi connectivity index (χ0v) is 17.2. The Morgan fingerprint density at radius 2 is 1.83 bits per heavy atom. The third-order valence-electron chi connectivity index (χ3n) is 4.14. The van der Waals surface area contributed by atoms with Crippen LogP contribution in [0.2, 0.25) is 0 Å². The van der Waals surface area contributed by atoms with Crippen LogP contribution in [0.3, 0.4) is 0 Å². The fourth-order valence-corrected chi connectivity index (χ4v) is 3.16. The zero-order valence-electron chi connectivity index (χ0n) is 16.4. The highest BCUT2D eigenvalue weighted by molar-refractivity contribution is 7.92. The molecule has 9 heteroatoms. The summed E-state index contributed by atoms with van der Waals surface area (Å²) >= 11 is 0. The molecule has 1 N–H and O–H groups in total. The first-order valence-corrected chi connectivity index (χ1v) is 10.5. The number of hydrogen-bond acceptors (Lipinski definition) is 7. The van der Waals surface area contributed by atoms with Crippen LogP contribution in [0.1, 0.15) is 22.5 Å². The van der Waals surface area contributed by atoms with E-state index >= 15 is 0 Å². The summed E-state index contributed by atoms with van der Waals surface area (Å²) in [6.07, 6.45) is 4.07. The summed E-state index contributed by atoms with van der Waals surface area (Å²) in [6, 6.07) is 8.69. The molecule has 0 bridgehead atoms. The lowest BCUT2D eigenvalue weighted by Gasteiger charge is -2.15. The van der Waals surface area contributed by atoms with E-state index in [2.05, 4.69) is 19.7 Å². The molecule has 29 heavy (non-hydrogen) atoms. The molecule has 0 saturated heterocycles. The van der Waals surface area contributed by atoms with Crippen LogP contribution in [-0.2, 0) is 10.0 Å². The van der Waals surface area contributed by atoms with Crippen molar-refractivity contribution < 1.29 is 13.2 Å². The van der Waals surface area contributed by atoms with Crippen molar-refractivity contribution in [1.29, 1.82) is 5.26 Å². The molecule has 0 radical (unpaired) electrons. The summed E-state index contributed by atoms with van der Waals surface area (Å²) in [6.45, 7) is 5.61. The Labute approximate surface area is 169 Å². The molecule has 3 aromatic rings. The smallest absolute Gasteiger partial charge is 0.244 e. The minimum Gasteiger partial charge on any atom is -0.435 e. The minimum absolute atomic E-state index is 0.0726. The van der Waals surface area contributed by atoms with Crippen molar-refractivity contribution in [2.75, 3.05) is 11.0 Å². The number of pyridine rings is 3. The highest BCUT2D eigenvalue weighted by Gasteiger charge is 2.16. The average molecular weight is 409 g/mol. The maximum absolute atomic E-state index is 11.8. The Kier molecular flexibility index (Phi) is 5.48. The van der Waals surface area contributed by atoms with E-state index in [4.69, 9.17) is 10.00 Å². The molecule has 0 fully saturated rings. The SMILES string of the molecule is Cc1cc(Oc2nc(-c3cncc(C#N)c3)ccc2NS(C)(=O)=O)c(C)nc1C. The third-order valence-corrected chi connectivity index (χ3v) is 4.73.